The molecular weight excluding hydrogens is 198 g/mol. The van der Waals surface area contributed by atoms with Gasteiger partial charge in [-0.1, -0.05) is 6.07 Å². The highest BCUT2D eigenvalue weighted by atomic mass is 16.6. The highest BCUT2D eigenvalue weighted by Gasteiger charge is 2.16. The van der Waals surface area contributed by atoms with Gasteiger partial charge >= 0.3 is 5.69 Å². The molecule has 0 saturated carbocycles. The Morgan fingerprint density at radius 2 is 2.27 bits per heavy atom. The summed E-state index contributed by atoms with van der Waals surface area (Å²) in [7, 11) is 1.38. The van der Waals surface area contributed by atoms with Gasteiger partial charge in [-0.05, 0) is 11.6 Å². The van der Waals surface area contributed by atoms with Crippen molar-refractivity contribution in [1.82, 2.24) is 0 Å². The molecule has 0 aliphatic heterocycles. The topological polar surface area (TPSA) is 104 Å². The molecule has 6 nitrogen and oxygen atoms in total. The highest BCUT2D eigenvalue weighted by molar-refractivity contribution is 5.49. The van der Waals surface area contributed by atoms with Gasteiger partial charge in [0, 0.05) is 18.7 Å². The first kappa shape index (κ1) is 11.4. The highest BCUT2D eigenvalue weighted by Crippen LogP contribution is 2.28. The van der Waals surface area contributed by atoms with E-state index in [0.29, 0.717) is 5.56 Å². The standard InChI is InChI=1S/C9H13N3O3/c1-15-9-3-2-6(7(11)5-10)4-8(9)12(13)14/h2-4,7H,5,10-11H2,1H3/t7-/m1/s1. The molecule has 0 saturated heterocycles. The molecule has 0 spiro atoms. The molecule has 0 amide bonds. The maximum Gasteiger partial charge on any atom is 0.311 e. The molecule has 0 aliphatic rings. The summed E-state index contributed by atoms with van der Waals surface area (Å²) < 4.78 is 4.86. The van der Waals surface area contributed by atoms with Gasteiger partial charge < -0.3 is 16.2 Å². The predicted molar refractivity (Wildman–Crippen MR) is 55.6 cm³/mol. The molecule has 0 unspecified atom stereocenters. The van der Waals surface area contributed by atoms with Gasteiger partial charge in [0.1, 0.15) is 0 Å². The van der Waals surface area contributed by atoms with E-state index in [1.54, 1.807) is 6.07 Å². The normalized spacial score (nSPS) is 12.2. The van der Waals surface area contributed by atoms with Crippen molar-refractivity contribution >= 4 is 5.69 Å². The predicted octanol–water partition coefficient (Wildman–Crippen LogP) is 0.562. The van der Waals surface area contributed by atoms with Crippen molar-refractivity contribution in [3.63, 3.8) is 0 Å². The number of nitro groups is 1. The molecule has 1 atom stereocenters. The zero-order chi connectivity index (χ0) is 11.4. The molecule has 6 heteroatoms. The molecule has 0 aromatic heterocycles. The fourth-order valence-electron chi connectivity index (χ4n) is 1.22. The summed E-state index contributed by atoms with van der Waals surface area (Å²) in [6.45, 7) is 0.240. The Kier molecular flexibility index (Phi) is 3.59. The largest absolute Gasteiger partial charge is 0.490 e. The second kappa shape index (κ2) is 4.72. The average Bonchev–Trinajstić information content (AvgIpc) is 2.27. The van der Waals surface area contributed by atoms with Gasteiger partial charge in [0.25, 0.3) is 0 Å². The van der Waals surface area contributed by atoms with Crippen LogP contribution in [0.2, 0.25) is 0 Å². The van der Waals surface area contributed by atoms with Crippen molar-refractivity contribution in [3.05, 3.63) is 33.9 Å². The van der Waals surface area contributed by atoms with E-state index in [0.717, 1.165) is 0 Å². The molecule has 1 aromatic rings. The van der Waals surface area contributed by atoms with Gasteiger partial charge in [-0.25, -0.2) is 0 Å². The second-order valence-corrected chi connectivity index (χ2v) is 3.03. The van der Waals surface area contributed by atoms with Crippen LogP contribution in [-0.2, 0) is 0 Å². The first-order chi connectivity index (χ1) is 7.10. The van der Waals surface area contributed by atoms with E-state index < -0.39 is 11.0 Å². The van der Waals surface area contributed by atoms with Crippen LogP contribution in [-0.4, -0.2) is 18.6 Å². The maximum absolute atomic E-state index is 10.7. The quantitative estimate of drug-likeness (QED) is 0.559. The number of nitro benzene ring substituents is 1. The lowest BCUT2D eigenvalue weighted by molar-refractivity contribution is -0.385. The molecule has 82 valence electrons. The molecular formula is C9H13N3O3. The Morgan fingerprint density at radius 1 is 1.60 bits per heavy atom. The van der Waals surface area contributed by atoms with Crippen LogP contribution in [0.1, 0.15) is 11.6 Å². The lowest BCUT2D eigenvalue weighted by atomic mass is 10.1. The van der Waals surface area contributed by atoms with E-state index in [1.165, 1.54) is 19.2 Å². The van der Waals surface area contributed by atoms with E-state index in [-0.39, 0.29) is 18.0 Å². The molecule has 0 bridgehead atoms. The summed E-state index contributed by atoms with van der Waals surface area (Å²) in [5.41, 5.74) is 11.6. The lowest BCUT2D eigenvalue weighted by Gasteiger charge is -2.09. The van der Waals surface area contributed by atoms with Gasteiger partial charge in [0.15, 0.2) is 5.75 Å². The molecule has 0 radical (unpaired) electrons. The number of nitrogens with two attached hydrogens (primary N) is 2. The number of methoxy groups -OCH3 is 1. The molecule has 0 aliphatic carbocycles. The Balaban J connectivity index is 3.16. The zero-order valence-corrected chi connectivity index (χ0v) is 8.34. The summed E-state index contributed by atoms with van der Waals surface area (Å²) in [6, 6.07) is 4.18. The van der Waals surface area contributed by atoms with Crippen molar-refractivity contribution < 1.29 is 9.66 Å². The fourth-order valence-corrected chi connectivity index (χ4v) is 1.22. The number of hydrogen-bond donors (Lipinski definition) is 2. The monoisotopic (exact) mass is 211 g/mol. The fraction of sp³-hybridized carbons (Fsp3) is 0.333. The minimum Gasteiger partial charge on any atom is -0.490 e. The number of benzene rings is 1. The maximum atomic E-state index is 10.7. The first-order valence-corrected chi connectivity index (χ1v) is 4.38. The van der Waals surface area contributed by atoms with Crippen molar-refractivity contribution in [3.8, 4) is 5.75 Å². The SMILES string of the molecule is COc1ccc([C@H](N)CN)cc1[N+](=O)[O-]. The van der Waals surface area contributed by atoms with E-state index in [2.05, 4.69) is 0 Å². The molecule has 0 fully saturated rings. The molecule has 1 rings (SSSR count). The summed E-state index contributed by atoms with van der Waals surface area (Å²) in [5.74, 6) is 0.216. The summed E-state index contributed by atoms with van der Waals surface area (Å²) in [5, 5.41) is 10.7. The van der Waals surface area contributed by atoms with Gasteiger partial charge in [-0.15, -0.1) is 0 Å². The van der Waals surface area contributed by atoms with Gasteiger partial charge in [0.05, 0.1) is 12.0 Å². The Morgan fingerprint density at radius 3 is 2.73 bits per heavy atom. The van der Waals surface area contributed by atoms with Crippen LogP contribution in [0.25, 0.3) is 0 Å². The summed E-state index contributed by atoms with van der Waals surface area (Å²) in [6.07, 6.45) is 0. The van der Waals surface area contributed by atoms with Gasteiger partial charge in [0.2, 0.25) is 0 Å². The van der Waals surface area contributed by atoms with Crippen molar-refractivity contribution in [2.75, 3.05) is 13.7 Å². The van der Waals surface area contributed by atoms with Crippen LogP contribution >= 0.6 is 0 Å². The third-order valence-electron chi connectivity index (χ3n) is 2.08. The number of hydrogen-bond acceptors (Lipinski definition) is 5. The van der Waals surface area contributed by atoms with Gasteiger partial charge in [-0.3, -0.25) is 10.1 Å². The lowest BCUT2D eigenvalue weighted by Crippen LogP contribution is -2.20. The first-order valence-electron chi connectivity index (χ1n) is 4.38. The van der Waals surface area contributed by atoms with E-state index in [4.69, 9.17) is 16.2 Å². The van der Waals surface area contributed by atoms with Crippen LogP contribution in [0.4, 0.5) is 5.69 Å². The van der Waals surface area contributed by atoms with Crippen LogP contribution in [0.3, 0.4) is 0 Å². The molecule has 1 aromatic carbocycles. The van der Waals surface area contributed by atoms with Crippen LogP contribution in [0.5, 0.6) is 5.75 Å². The molecule has 15 heavy (non-hydrogen) atoms. The Bertz CT molecular complexity index is 368. The van der Waals surface area contributed by atoms with Crippen LogP contribution in [0, 0.1) is 10.1 Å². The summed E-state index contributed by atoms with van der Waals surface area (Å²) >= 11 is 0. The number of rotatable bonds is 4. The number of ether oxygens (including phenoxy) is 1. The minimum atomic E-state index is -0.508. The van der Waals surface area contributed by atoms with Gasteiger partial charge in [-0.2, -0.15) is 0 Å². The Hall–Kier alpha value is -1.66. The minimum absolute atomic E-state index is 0.0982. The molecule has 0 heterocycles. The van der Waals surface area contributed by atoms with Crippen molar-refractivity contribution in [2.24, 2.45) is 11.5 Å². The van der Waals surface area contributed by atoms with Crippen molar-refractivity contribution in [2.45, 2.75) is 6.04 Å². The van der Waals surface area contributed by atoms with Crippen molar-refractivity contribution in [1.29, 1.82) is 0 Å². The Labute approximate surface area is 87.0 Å². The summed E-state index contributed by atoms with van der Waals surface area (Å²) in [4.78, 5) is 10.2. The average molecular weight is 211 g/mol. The van der Waals surface area contributed by atoms with E-state index in [1.807, 2.05) is 0 Å². The second-order valence-electron chi connectivity index (χ2n) is 3.03. The number of nitrogens with zero attached hydrogens (tertiary/aromatic N) is 1. The zero-order valence-electron chi connectivity index (χ0n) is 8.34. The third-order valence-corrected chi connectivity index (χ3v) is 2.08. The van der Waals surface area contributed by atoms with E-state index >= 15 is 0 Å². The van der Waals surface area contributed by atoms with Crippen LogP contribution < -0.4 is 16.2 Å². The smallest absolute Gasteiger partial charge is 0.311 e. The molecule has 4 N–H and O–H groups in total. The third kappa shape index (κ3) is 2.42. The van der Waals surface area contributed by atoms with E-state index in [9.17, 15) is 10.1 Å². The van der Waals surface area contributed by atoms with Crippen LogP contribution in [0.15, 0.2) is 18.2 Å².